The summed E-state index contributed by atoms with van der Waals surface area (Å²) in [6, 6.07) is 1.84. The highest BCUT2D eigenvalue weighted by molar-refractivity contribution is 5.25. The Morgan fingerprint density at radius 3 is 2.94 bits per heavy atom. The average molecular weight is 220 g/mol. The Morgan fingerprint density at radius 2 is 2.31 bits per heavy atom. The first-order chi connectivity index (χ1) is 7.70. The van der Waals surface area contributed by atoms with E-state index in [0.29, 0.717) is 0 Å². The largest absolute Gasteiger partial charge is 0.469 e. The highest BCUT2D eigenvalue weighted by Crippen LogP contribution is 2.23. The normalized spacial score (nSPS) is 12.9. The number of hydrogen-bond donors (Lipinski definition) is 1. The molecule has 0 spiro atoms. The maximum absolute atomic E-state index is 10.1. The molecule has 0 radical (unpaired) electrons. The molecule has 16 heavy (non-hydrogen) atoms. The summed E-state index contributed by atoms with van der Waals surface area (Å²) in [6.45, 7) is 4.82. The summed E-state index contributed by atoms with van der Waals surface area (Å²) in [6.07, 6.45) is 5.53. The predicted octanol–water partition coefficient (Wildman–Crippen LogP) is 2.28. The molecule has 1 unspecified atom stereocenters. The summed E-state index contributed by atoms with van der Waals surface area (Å²) < 4.78 is 7.01. The van der Waals surface area contributed by atoms with Crippen LogP contribution in [0.15, 0.2) is 29.1 Å². The van der Waals surface area contributed by atoms with E-state index in [2.05, 4.69) is 12.0 Å². The van der Waals surface area contributed by atoms with Gasteiger partial charge in [0.05, 0.1) is 12.5 Å². The summed E-state index contributed by atoms with van der Waals surface area (Å²) >= 11 is 0. The highest BCUT2D eigenvalue weighted by Gasteiger charge is 2.14. The van der Waals surface area contributed by atoms with E-state index in [0.717, 1.165) is 29.9 Å². The van der Waals surface area contributed by atoms with Gasteiger partial charge in [0.1, 0.15) is 11.9 Å². The van der Waals surface area contributed by atoms with E-state index in [1.54, 1.807) is 12.5 Å². The summed E-state index contributed by atoms with van der Waals surface area (Å²) in [5.41, 5.74) is 1.57. The zero-order valence-corrected chi connectivity index (χ0v) is 9.55. The lowest BCUT2D eigenvalue weighted by atomic mass is 10.1. The molecule has 0 amide bonds. The van der Waals surface area contributed by atoms with Crippen molar-refractivity contribution >= 4 is 0 Å². The molecule has 0 saturated heterocycles. The molecule has 2 heterocycles. The van der Waals surface area contributed by atoms with Crippen molar-refractivity contribution in [3.05, 3.63) is 41.6 Å². The molecule has 2 aromatic heterocycles. The molecule has 0 aromatic carbocycles. The van der Waals surface area contributed by atoms with E-state index in [1.807, 2.05) is 23.9 Å². The van der Waals surface area contributed by atoms with Crippen molar-refractivity contribution in [3.8, 4) is 0 Å². The number of aliphatic hydroxyl groups excluding tert-OH is 1. The topological polar surface area (TPSA) is 51.2 Å². The molecule has 0 saturated carbocycles. The van der Waals surface area contributed by atoms with Crippen molar-refractivity contribution in [2.75, 3.05) is 0 Å². The van der Waals surface area contributed by atoms with Crippen LogP contribution >= 0.6 is 0 Å². The third kappa shape index (κ3) is 2.17. The minimum Gasteiger partial charge on any atom is -0.469 e. The molecule has 4 nitrogen and oxygen atoms in total. The molecule has 0 aliphatic carbocycles. The quantitative estimate of drug-likeness (QED) is 0.860. The fraction of sp³-hybridized carbons (Fsp3) is 0.417. The molecule has 1 atom stereocenters. The SMILES string of the molecule is CCCn1cc(C(O)c2coc(C)c2)cn1. The van der Waals surface area contributed by atoms with Gasteiger partial charge in [-0.3, -0.25) is 4.68 Å². The second-order valence-corrected chi connectivity index (χ2v) is 3.93. The summed E-state index contributed by atoms with van der Waals surface area (Å²) in [5, 5.41) is 14.3. The van der Waals surface area contributed by atoms with Crippen molar-refractivity contribution in [2.24, 2.45) is 0 Å². The number of aromatic nitrogens is 2. The lowest BCUT2D eigenvalue weighted by molar-refractivity contribution is 0.219. The molecule has 86 valence electrons. The van der Waals surface area contributed by atoms with E-state index >= 15 is 0 Å². The molecular formula is C12H16N2O2. The van der Waals surface area contributed by atoms with Gasteiger partial charge in [-0.1, -0.05) is 6.92 Å². The van der Waals surface area contributed by atoms with Crippen molar-refractivity contribution in [3.63, 3.8) is 0 Å². The Labute approximate surface area is 94.5 Å². The van der Waals surface area contributed by atoms with Gasteiger partial charge in [0, 0.05) is 23.9 Å². The number of furan rings is 1. The second-order valence-electron chi connectivity index (χ2n) is 3.93. The zero-order valence-electron chi connectivity index (χ0n) is 9.55. The predicted molar refractivity (Wildman–Crippen MR) is 60.0 cm³/mol. The minimum absolute atomic E-state index is 0.650. The summed E-state index contributed by atoms with van der Waals surface area (Å²) in [4.78, 5) is 0. The van der Waals surface area contributed by atoms with Crippen LogP contribution in [0.4, 0.5) is 0 Å². The van der Waals surface area contributed by atoms with E-state index < -0.39 is 6.10 Å². The molecule has 4 heteroatoms. The fourth-order valence-corrected chi connectivity index (χ4v) is 1.67. The van der Waals surface area contributed by atoms with Crippen molar-refractivity contribution in [1.29, 1.82) is 0 Å². The molecule has 0 aliphatic heterocycles. The number of aryl methyl sites for hydroxylation is 2. The van der Waals surface area contributed by atoms with Crippen LogP contribution in [-0.4, -0.2) is 14.9 Å². The molecule has 1 N–H and O–H groups in total. The van der Waals surface area contributed by atoms with E-state index in [4.69, 9.17) is 4.42 Å². The van der Waals surface area contributed by atoms with Gasteiger partial charge in [0.2, 0.25) is 0 Å². The lowest BCUT2D eigenvalue weighted by Crippen LogP contribution is -1.98. The van der Waals surface area contributed by atoms with Crippen LogP contribution in [0.5, 0.6) is 0 Å². The van der Waals surface area contributed by atoms with Gasteiger partial charge in [0.15, 0.2) is 0 Å². The van der Waals surface area contributed by atoms with Crippen molar-refractivity contribution in [2.45, 2.75) is 32.9 Å². The van der Waals surface area contributed by atoms with Gasteiger partial charge in [-0.05, 0) is 19.4 Å². The van der Waals surface area contributed by atoms with Crippen LogP contribution < -0.4 is 0 Å². The van der Waals surface area contributed by atoms with Crippen LogP contribution in [0, 0.1) is 6.92 Å². The smallest absolute Gasteiger partial charge is 0.110 e. The first kappa shape index (κ1) is 11.0. The molecule has 0 fully saturated rings. The van der Waals surface area contributed by atoms with Crippen LogP contribution in [0.3, 0.4) is 0 Å². The molecular weight excluding hydrogens is 204 g/mol. The monoisotopic (exact) mass is 220 g/mol. The lowest BCUT2D eigenvalue weighted by Gasteiger charge is -2.04. The zero-order chi connectivity index (χ0) is 11.5. The molecule has 0 bridgehead atoms. The Hall–Kier alpha value is -1.55. The second kappa shape index (κ2) is 4.53. The third-order valence-corrected chi connectivity index (χ3v) is 2.49. The Balaban J connectivity index is 2.17. The van der Waals surface area contributed by atoms with E-state index in [9.17, 15) is 5.11 Å². The number of nitrogens with zero attached hydrogens (tertiary/aromatic N) is 2. The van der Waals surface area contributed by atoms with Gasteiger partial charge in [0.25, 0.3) is 0 Å². The Bertz CT molecular complexity index is 459. The van der Waals surface area contributed by atoms with Crippen LogP contribution in [0.2, 0.25) is 0 Å². The first-order valence-electron chi connectivity index (χ1n) is 5.46. The first-order valence-corrected chi connectivity index (χ1v) is 5.46. The Morgan fingerprint density at radius 1 is 1.50 bits per heavy atom. The third-order valence-electron chi connectivity index (χ3n) is 2.49. The number of hydrogen-bond acceptors (Lipinski definition) is 3. The summed E-state index contributed by atoms with van der Waals surface area (Å²) in [5.74, 6) is 0.801. The van der Waals surface area contributed by atoms with Crippen LogP contribution in [-0.2, 0) is 6.54 Å². The van der Waals surface area contributed by atoms with Crippen LogP contribution in [0.1, 0.15) is 36.3 Å². The van der Waals surface area contributed by atoms with E-state index in [1.165, 1.54) is 0 Å². The van der Waals surface area contributed by atoms with Gasteiger partial charge in [-0.2, -0.15) is 5.10 Å². The van der Waals surface area contributed by atoms with Gasteiger partial charge < -0.3 is 9.52 Å². The number of rotatable bonds is 4. The van der Waals surface area contributed by atoms with Crippen molar-refractivity contribution < 1.29 is 9.52 Å². The standard InChI is InChI=1S/C12H16N2O2/c1-3-4-14-7-11(6-13-14)12(15)10-5-9(2)16-8-10/h5-8,12,15H,3-4H2,1-2H3. The molecule has 0 aliphatic rings. The van der Waals surface area contributed by atoms with Crippen molar-refractivity contribution in [1.82, 2.24) is 9.78 Å². The van der Waals surface area contributed by atoms with Gasteiger partial charge >= 0.3 is 0 Å². The van der Waals surface area contributed by atoms with E-state index in [-0.39, 0.29) is 0 Å². The average Bonchev–Trinajstić information content (AvgIpc) is 2.87. The van der Waals surface area contributed by atoms with Gasteiger partial charge in [-0.25, -0.2) is 0 Å². The number of aliphatic hydroxyl groups is 1. The molecule has 2 aromatic rings. The Kier molecular flexibility index (Phi) is 3.10. The highest BCUT2D eigenvalue weighted by atomic mass is 16.3. The maximum atomic E-state index is 10.1. The fourth-order valence-electron chi connectivity index (χ4n) is 1.67. The maximum Gasteiger partial charge on any atom is 0.110 e. The summed E-state index contributed by atoms with van der Waals surface area (Å²) in [7, 11) is 0. The molecule has 2 rings (SSSR count). The van der Waals surface area contributed by atoms with Gasteiger partial charge in [-0.15, -0.1) is 0 Å². The minimum atomic E-state index is -0.650. The van der Waals surface area contributed by atoms with Crippen LogP contribution in [0.25, 0.3) is 0 Å².